The molecule has 0 radical (unpaired) electrons. The topological polar surface area (TPSA) is 23.4 Å². The predicted molar refractivity (Wildman–Crippen MR) is 85.2 cm³/mol. The molecule has 0 saturated heterocycles. The average molecular weight is 309 g/mol. The summed E-state index contributed by atoms with van der Waals surface area (Å²) in [6.45, 7) is 1.26. The molecule has 23 heavy (non-hydrogen) atoms. The number of halogens is 1. The molecule has 3 aromatic rings. The summed E-state index contributed by atoms with van der Waals surface area (Å²) in [5.74, 6) is 0.722. The molecular formula is C19H16FNO2. The molecule has 0 saturated carbocycles. The maximum Gasteiger partial charge on any atom is 0.165 e. The van der Waals surface area contributed by atoms with E-state index in [1.807, 2.05) is 36.7 Å². The Hall–Kier alpha value is -2.75. The van der Waals surface area contributed by atoms with E-state index in [0.29, 0.717) is 18.1 Å². The molecular weight excluding hydrogens is 293 g/mol. The third kappa shape index (κ3) is 2.93. The zero-order chi connectivity index (χ0) is 15.6. The maximum absolute atomic E-state index is 13.3. The second-order valence-electron chi connectivity index (χ2n) is 5.61. The largest absolute Gasteiger partial charge is 0.485 e. The zero-order valence-electron chi connectivity index (χ0n) is 12.5. The van der Waals surface area contributed by atoms with Gasteiger partial charge in [-0.15, -0.1) is 0 Å². The monoisotopic (exact) mass is 309 g/mol. The van der Waals surface area contributed by atoms with Crippen LogP contribution in [0.3, 0.4) is 0 Å². The van der Waals surface area contributed by atoms with Crippen molar-refractivity contribution in [1.29, 1.82) is 0 Å². The molecule has 0 amide bonds. The smallest absolute Gasteiger partial charge is 0.165 e. The van der Waals surface area contributed by atoms with E-state index in [-0.39, 0.29) is 11.9 Å². The maximum atomic E-state index is 13.3. The van der Waals surface area contributed by atoms with Crippen molar-refractivity contribution in [2.24, 2.45) is 0 Å². The molecule has 2 heterocycles. The normalized spacial score (nSPS) is 16.3. The first-order valence-corrected chi connectivity index (χ1v) is 7.56. The molecule has 116 valence electrons. The molecule has 0 spiro atoms. The molecule has 1 aliphatic heterocycles. The number of hydrogen-bond donors (Lipinski definition) is 0. The fraction of sp³-hybridized carbons (Fsp3) is 0.158. The number of rotatable bonds is 3. The summed E-state index contributed by atoms with van der Waals surface area (Å²) < 4.78 is 27.0. The molecule has 3 nitrogen and oxygen atoms in total. The van der Waals surface area contributed by atoms with Crippen LogP contribution in [-0.4, -0.2) is 11.2 Å². The molecule has 0 aliphatic carbocycles. The number of hydrogen-bond acceptors (Lipinski definition) is 2. The van der Waals surface area contributed by atoms with E-state index >= 15 is 0 Å². The summed E-state index contributed by atoms with van der Waals surface area (Å²) in [4.78, 5) is 0. The van der Waals surface area contributed by atoms with Gasteiger partial charge in [-0.05, 0) is 35.4 Å². The molecule has 4 rings (SSSR count). The van der Waals surface area contributed by atoms with Gasteiger partial charge in [-0.3, -0.25) is 0 Å². The van der Waals surface area contributed by atoms with Crippen molar-refractivity contribution >= 4 is 0 Å². The molecule has 0 bridgehead atoms. The third-order valence-corrected chi connectivity index (χ3v) is 3.95. The van der Waals surface area contributed by atoms with Crippen LogP contribution in [0.1, 0.15) is 17.2 Å². The highest BCUT2D eigenvalue weighted by Crippen LogP contribution is 2.36. The molecule has 1 aliphatic rings. The van der Waals surface area contributed by atoms with Crippen LogP contribution in [0.2, 0.25) is 0 Å². The van der Waals surface area contributed by atoms with Crippen molar-refractivity contribution in [1.82, 2.24) is 4.57 Å². The first kappa shape index (κ1) is 13.9. The number of nitrogens with zero attached hydrogens (tertiary/aromatic N) is 1. The highest BCUT2D eigenvalue weighted by Gasteiger charge is 2.22. The Balaban J connectivity index is 1.50. The quantitative estimate of drug-likeness (QED) is 0.724. The first-order valence-electron chi connectivity index (χ1n) is 7.56. The van der Waals surface area contributed by atoms with Gasteiger partial charge >= 0.3 is 0 Å². The van der Waals surface area contributed by atoms with Crippen molar-refractivity contribution in [2.45, 2.75) is 12.6 Å². The molecule has 0 fully saturated rings. The lowest BCUT2D eigenvalue weighted by Crippen LogP contribution is -2.21. The first-order chi connectivity index (χ1) is 11.3. The Labute approximate surface area is 133 Å². The third-order valence-electron chi connectivity index (χ3n) is 3.95. The van der Waals surface area contributed by atoms with Crippen molar-refractivity contribution in [3.8, 4) is 11.5 Å². The van der Waals surface area contributed by atoms with E-state index < -0.39 is 0 Å². The SMILES string of the molecule is Fc1ccc2c(c1)OC(c1ccc(Cn3cccc3)cc1)CO2. The second kappa shape index (κ2) is 5.80. The molecule has 1 aromatic heterocycles. The van der Waals surface area contributed by atoms with Crippen molar-refractivity contribution in [2.75, 3.05) is 6.61 Å². The number of benzene rings is 2. The fourth-order valence-electron chi connectivity index (χ4n) is 2.73. The van der Waals surface area contributed by atoms with E-state index in [9.17, 15) is 4.39 Å². The van der Waals surface area contributed by atoms with Crippen LogP contribution < -0.4 is 9.47 Å². The molecule has 4 heteroatoms. The minimum Gasteiger partial charge on any atom is -0.485 e. The minimum atomic E-state index is -0.324. The molecule has 0 N–H and O–H groups in total. The minimum absolute atomic E-state index is 0.218. The predicted octanol–water partition coefficient (Wildman–Crippen LogP) is 4.19. The highest BCUT2D eigenvalue weighted by molar-refractivity contribution is 5.42. The van der Waals surface area contributed by atoms with Gasteiger partial charge < -0.3 is 14.0 Å². The van der Waals surface area contributed by atoms with Gasteiger partial charge in [0, 0.05) is 25.0 Å². The van der Waals surface area contributed by atoms with Crippen LogP contribution in [0.5, 0.6) is 11.5 Å². The summed E-state index contributed by atoms with van der Waals surface area (Å²) in [5.41, 5.74) is 2.24. The summed E-state index contributed by atoms with van der Waals surface area (Å²) in [7, 11) is 0. The summed E-state index contributed by atoms with van der Waals surface area (Å²) in [6.07, 6.45) is 3.86. The van der Waals surface area contributed by atoms with Crippen LogP contribution >= 0.6 is 0 Å². The summed E-state index contributed by atoms with van der Waals surface area (Å²) in [6, 6.07) is 16.6. The Kier molecular flexibility index (Phi) is 3.50. The standard InChI is InChI=1S/C19H16FNO2/c20-16-7-8-17-18(11-16)23-19(13-22-17)15-5-3-14(4-6-15)12-21-9-1-2-10-21/h1-11,19H,12-13H2. The van der Waals surface area contributed by atoms with Crippen molar-refractivity contribution in [3.05, 3.63) is 83.9 Å². The summed E-state index contributed by atoms with van der Waals surface area (Å²) >= 11 is 0. The van der Waals surface area contributed by atoms with Gasteiger partial charge in [-0.25, -0.2) is 4.39 Å². The van der Waals surface area contributed by atoms with E-state index in [0.717, 1.165) is 12.1 Å². The van der Waals surface area contributed by atoms with E-state index in [4.69, 9.17) is 9.47 Å². The van der Waals surface area contributed by atoms with E-state index in [2.05, 4.69) is 16.7 Å². The average Bonchev–Trinajstić information content (AvgIpc) is 3.08. The van der Waals surface area contributed by atoms with Crippen LogP contribution in [0.4, 0.5) is 4.39 Å². The zero-order valence-corrected chi connectivity index (χ0v) is 12.5. The van der Waals surface area contributed by atoms with Crippen LogP contribution in [0, 0.1) is 5.82 Å². The number of fused-ring (bicyclic) bond motifs is 1. The van der Waals surface area contributed by atoms with Gasteiger partial charge in [0.2, 0.25) is 0 Å². The molecule has 1 atom stereocenters. The number of ether oxygens (including phenoxy) is 2. The van der Waals surface area contributed by atoms with Crippen molar-refractivity contribution < 1.29 is 13.9 Å². The lowest BCUT2D eigenvalue weighted by atomic mass is 10.1. The molecule has 1 unspecified atom stereocenters. The van der Waals surface area contributed by atoms with Gasteiger partial charge in [0.15, 0.2) is 17.6 Å². The van der Waals surface area contributed by atoms with E-state index in [1.54, 1.807) is 6.07 Å². The molecule has 2 aromatic carbocycles. The van der Waals surface area contributed by atoms with Crippen LogP contribution in [0.15, 0.2) is 67.0 Å². The van der Waals surface area contributed by atoms with Gasteiger partial charge in [0.25, 0.3) is 0 Å². The Bertz CT molecular complexity index is 797. The Morgan fingerprint density at radius 1 is 1.00 bits per heavy atom. The van der Waals surface area contributed by atoms with Gasteiger partial charge in [0.05, 0.1) is 0 Å². The van der Waals surface area contributed by atoms with Gasteiger partial charge in [0.1, 0.15) is 12.4 Å². The summed E-state index contributed by atoms with van der Waals surface area (Å²) in [5, 5.41) is 0. The lowest BCUT2D eigenvalue weighted by molar-refractivity contribution is 0.0907. The second-order valence-corrected chi connectivity index (χ2v) is 5.61. The van der Waals surface area contributed by atoms with Crippen LogP contribution in [-0.2, 0) is 6.54 Å². The van der Waals surface area contributed by atoms with Gasteiger partial charge in [-0.2, -0.15) is 0 Å². The van der Waals surface area contributed by atoms with Crippen molar-refractivity contribution in [3.63, 3.8) is 0 Å². The van der Waals surface area contributed by atoms with E-state index in [1.165, 1.54) is 17.7 Å². The highest BCUT2D eigenvalue weighted by atomic mass is 19.1. The fourth-order valence-corrected chi connectivity index (χ4v) is 2.73. The van der Waals surface area contributed by atoms with Gasteiger partial charge in [-0.1, -0.05) is 24.3 Å². The van der Waals surface area contributed by atoms with Crippen LogP contribution in [0.25, 0.3) is 0 Å². The Morgan fingerprint density at radius 2 is 1.78 bits per heavy atom. The Morgan fingerprint density at radius 3 is 2.57 bits per heavy atom. The lowest BCUT2D eigenvalue weighted by Gasteiger charge is -2.26. The number of aromatic nitrogens is 1.